The summed E-state index contributed by atoms with van der Waals surface area (Å²) in [4.78, 5) is 28.3. The lowest BCUT2D eigenvalue weighted by atomic mass is 9.31. The van der Waals surface area contributed by atoms with Crippen molar-refractivity contribution in [1.82, 2.24) is 0 Å². The zero-order chi connectivity index (χ0) is 31.7. The molecule has 2 heterocycles. The molecular formula is C40H45NO5. The minimum atomic E-state index is -1.13. The molecule has 1 aromatic rings. The Kier molecular flexibility index (Phi) is 7.14. The molecule has 9 atom stereocenters. The largest absolute Gasteiger partial charge is 0.509 e. The molecule has 2 spiro atoms. The van der Waals surface area contributed by atoms with Crippen molar-refractivity contribution in [2.24, 2.45) is 52.1 Å². The molecule has 9 unspecified atom stereocenters. The van der Waals surface area contributed by atoms with E-state index in [-0.39, 0.29) is 35.5 Å². The number of hydrogen-bond acceptors (Lipinski definition) is 6. The summed E-state index contributed by atoms with van der Waals surface area (Å²) in [5.41, 5.74) is 5.01. The van der Waals surface area contributed by atoms with Crippen molar-refractivity contribution >= 4 is 11.9 Å². The molecule has 6 nitrogen and oxygen atoms in total. The van der Waals surface area contributed by atoms with Crippen LogP contribution in [0.1, 0.15) is 92.6 Å². The zero-order valence-corrected chi connectivity index (χ0v) is 26.8. The van der Waals surface area contributed by atoms with E-state index in [2.05, 4.69) is 49.1 Å². The molecule has 1 aromatic carbocycles. The van der Waals surface area contributed by atoms with Gasteiger partial charge in [-0.3, -0.25) is 4.79 Å². The molecule has 240 valence electrons. The quantitative estimate of drug-likeness (QED) is 0.190. The number of ether oxygens (including phenoxy) is 2. The Balaban J connectivity index is 1.26. The van der Waals surface area contributed by atoms with Gasteiger partial charge in [-0.15, -0.1) is 5.92 Å². The number of benzene rings is 1. The lowest BCUT2D eigenvalue weighted by Crippen LogP contribution is -2.75. The summed E-state index contributed by atoms with van der Waals surface area (Å²) < 4.78 is 13.0. The predicted molar refractivity (Wildman–Crippen MR) is 175 cm³/mol. The third kappa shape index (κ3) is 3.81. The topological polar surface area (TPSA) is 98.9 Å². The normalized spacial score (nSPS) is 39.5. The number of fused-ring (bicyclic) bond motifs is 4. The van der Waals surface area contributed by atoms with Crippen LogP contribution in [0, 0.1) is 58.2 Å². The Hall–Kier alpha value is -3.56. The van der Waals surface area contributed by atoms with Crippen LogP contribution >= 0.6 is 0 Å². The van der Waals surface area contributed by atoms with Crippen LogP contribution in [0.3, 0.4) is 0 Å². The minimum absolute atomic E-state index is 0.125. The summed E-state index contributed by atoms with van der Waals surface area (Å²) in [7, 11) is 0. The smallest absolute Gasteiger partial charge is 0.339 e. The molecule has 6 heteroatoms. The van der Waals surface area contributed by atoms with Crippen LogP contribution in [-0.4, -0.2) is 23.6 Å². The van der Waals surface area contributed by atoms with Crippen molar-refractivity contribution in [2.45, 2.75) is 83.2 Å². The molecule has 1 saturated heterocycles. The van der Waals surface area contributed by atoms with Gasteiger partial charge in [0.1, 0.15) is 11.2 Å². The van der Waals surface area contributed by atoms with Crippen molar-refractivity contribution in [3.63, 3.8) is 0 Å². The maximum Gasteiger partial charge on any atom is 0.339 e. The van der Waals surface area contributed by atoms with Crippen LogP contribution in [0.5, 0.6) is 0 Å². The fourth-order valence-corrected chi connectivity index (χ4v) is 11.0. The number of esters is 2. The summed E-state index contributed by atoms with van der Waals surface area (Å²) in [6, 6.07) is 5.99. The molecular weight excluding hydrogens is 574 g/mol. The molecule has 2 aliphatic heterocycles. The van der Waals surface area contributed by atoms with Gasteiger partial charge in [0.2, 0.25) is 0 Å². The molecule has 3 fully saturated rings. The van der Waals surface area contributed by atoms with Gasteiger partial charge >= 0.3 is 11.9 Å². The number of nitrogens with two attached hydrogens (primary N) is 1. The maximum absolute atomic E-state index is 14.3. The number of carbonyl (C=O) groups excluding carboxylic acids is 2. The van der Waals surface area contributed by atoms with Gasteiger partial charge in [-0.05, 0) is 80.7 Å². The Bertz CT molecular complexity index is 1660. The van der Waals surface area contributed by atoms with Gasteiger partial charge in [0.15, 0.2) is 11.4 Å². The Morgan fingerprint density at radius 2 is 2.00 bits per heavy atom. The standard InChI is InChI=1S/C40H45NO5/c1-2-9-33-38-20-19-25-10-5-11-26(22-29-15-6-13-27-12-3-4-17-30(27)29)23-32(42)35(45-37(38)44)39(38,24-25)40(33)31-18-7-14-28(16-8-21-41)34(31)36(43)46-40/h3-4,7,12,14,17-20,25-27,29-30,33,42H,2,6,8-9,11,13,15-16,21-24,41H2,1H3. The van der Waals surface area contributed by atoms with Crippen LogP contribution in [-0.2, 0) is 26.3 Å². The fraction of sp³-hybridized carbons (Fsp3) is 0.550. The van der Waals surface area contributed by atoms with E-state index >= 15 is 0 Å². The van der Waals surface area contributed by atoms with Crippen LogP contribution in [0.25, 0.3) is 0 Å². The first-order valence-corrected chi connectivity index (χ1v) is 17.6. The zero-order valence-electron chi connectivity index (χ0n) is 26.8. The molecule has 2 saturated carbocycles. The molecule has 46 heavy (non-hydrogen) atoms. The van der Waals surface area contributed by atoms with Crippen molar-refractivity contribution in [3.05, 3.63) is 82.9 Å². The van der Waals surface area contributed by atoms with E-state index in [1.165, 1.54) is 19.3 Å². The van der Waals surface area contributed by atoms with E-state index in [4.69, 9.17) is 15.2 Å². The highest BCUT2D eigenvalue weighted by Gasteiger charge is 2.91. The number of rotatable bonds is 7. The van der Waals surface area contributed by atoms with Crippen LogP contribution < -0.4 is 5.73 Å². The fourth-order valence-electron chi connectivity index (χ4n) is 11.0. The molecule has 8 rings (SSSR count). The Labute approximate surface area is 272 Å². The van der Waals surface area contributed by atoms with Crippen molar-refractivity contribution in [2.75, 3.05) is 6.54 Å². The SMILES string of the molecule is CCCC1C23C=CC4C#CCC(CC5CCCC6C=CC=CC65)CC(O)=C(OC2=O)C3(C4)C12OC(=O)c1c(CCCN)cccc12. The van der Waals surface area contributed by atoms with Gasteiger partial charge < -0.3 is 20.3 Å². The second kappa shape index (κ2) is 11.0. The van der Waals surface area contributed by atoms with Crippen molar-refractivity contribution in [3.8, 4) is 11.8 Å². The second-order valence-electron chi connectivity index (χ2n) is 14.8. The third-order valence-corrected chi connectivity index (χ3v) is 12.7. The summed E-state index contributed by atoms with van der Waals surface area (Å²) >= 11 is 0. The first-order chi connectivity index (χ1) is 22.4. The summed E-state index contributed by atoms with van der Waals surface area (Å²) in [6.07, 6.45) is 22.2. The number of aliphatic hydroxyl groups is 1. The lowest BCUT2D eigenvalue weighted by Gasteiger charge is -2.69. The molecule has 5 aliphatic carbocycles. The summed E-state index contributed by atoms with van der Waals surface area (Å²) in [6.45, 7) is 2.63. The first-order valence-electron chi connectivity index (χ1n) is 17.6. The van der Waals surface area contributed by atoms with E-state index in [0.717, 1.165) is 30.4 Å². The van der Waals surface area contributed by atoms with Gasteiger partial charge in [0.05, 0.1) is 11.0 Å². The highest BCUT2D eigenvalue weighted by atomic mass is 16.6. The van der Waals surface area contributed by atoms with Gasteiger partial charge in [-0.2, -0.15) is 0 Å². The average Bonchev–Trinajstić information content (AvgIpc) is 3.52. The number of aryl methyl sites for hydroxylation is 1. The second-order valence-corrected chi connectivity index (χ2v) is 14.8. The monoisotopic (exact) mass is 619 g/mol. The third-order valence-electron chi connectivity index (χ3n) is 12.7. The van der Waals surface area contributed by atoms with Gasteiger partial charge in [0, 0.05) is 30.2 Å². The predicted octanol–water partition coefficient (Wildman–Crippen LogP) is 7.21. The first kappa shape index (κ1) is 29.8. The number of carbonyl (C=O) groups is 2. The molecule has 0 radical (unpaired) electrons. The van der Waals surface area contributed by atoms with Gasteiger partial charge in [0.25, 0.3) is 0 Å². The highest BCUT2D eigenvalue weighted by Crippen LogP contribution is 2.84. The summed E-state index contributed by atoms with van der Waals surface area (Å²) in [5.74, 6) is 8.11. The molecule has 2 bridgehead atoms. The lowest BCUT2D eigenvalue weighted by molar-refractivity contribution is -0.273. The molecule has 0 aromatic heterocycles. The maximum atomic E-state index is 14.3. The van der Waals surface area contributed by atoms with E-state index in [9.17, 15) is 14.7 Å². The van der Waals surface area contributed by atoms with E-state index in [0.29, 0.717) is 67.7 Å². The highest BCUT2D eigenvalue weighted by molar-refractivity contribution is 5.99. The van der Waals surface area contributed by atoms with Crippen LogP contribution in [0.15, 0.2) is 66.2 Å². The number of aliphatic hydroxyl groups excluding tert-OH is 1. The molecule has 7 aliphatic rings. The molecule has 3 N–H and O–H groups in total. The number of hydrogen-bond donors (Lipinski definition) is 2. The summed E-state index contributed by atoms with van der Waals surface area (Å²) in [5, 5.41) is 12.2. The Morgan fingerprint density at radius 3 is 2.85 bits per heavy atom. The average molecular weight is 620 g/mol. The molecule has 0 amide bonds. The Morgan fingerprint density at radius 1 is 1.13 bits per heavy atom. The van der Waals surface area contributed by atoms with Crippen LogP contribution in [0.4, 0.5) is 0 Å². The van der Waals surface area contributed by atoms with Gasteiger partial charge in [-0.1, -0.05) is 80.3 Å². The number of allylic oxidation sites excluding steroid dienone is 6. The van der Waals surface area contributed by atoms with Crippen molar-refractivity contribution < 1.29 is 24.2 Å². The van der Waals surface area contributed by atoms with Crippen molar-refractivity contribution in [1.29, 1.82) is 0 Å². The van der Waals surface area contributed by atoms with E-state index in [1.807, 2.05) is 24.3 Å². The van der Waals surface area contributed by atoms with E-state index in [1.54, 1.807) is 0 Å². The van der Waals surface area contributed by atoms with Gasteiger partial charge in [-0.25, -0.2) is 4.79 Å². The minimum Gasteiger partial charge on any atom is -0.509 e. The van der Waals surface area contributed by atoms with Crippen LogP contribution in [0.2, 0.25) is 0 Å². The van der Waals surface area contributed by atoms with E-state index < -0.39 is 16.4 Å².